The van der Waals surface area contributed by atoms with Crippen molar-refractivity contribution >= 4 is 10.9 Å². The fraction of sp³-hybridized carbons (Fsp3) is 0.273. The van der Waals surface area contributed by atoms with Crippen molar-refractivity contribution in [2.45, 2.75) is 12.8 Å². The van der Waals surface area contributed by atoms with Gasteiger partial charge in [-0.15, -0.1) is 13.2 Å². The number of rotatable bonds is 3. The van der Waals surface area contributed by atoms with Gasteiger partial charge in [0.25, 0.3) is 0 Å². The van der Waals surface area contributed by atoms with Crippen LogP contribution in [0.1, 0.15) is 5.56 Å². The fourth-order valence-corrected chi connectivity index (χ4v) is 1.72. The molecule has 92 valence electrons. The molecule has 0 saturated carbocycles. The number of halogens is 3. The summed E-state index contributed by atoms with van der Waals surface area (Å²) >= 11 is 0. The molecule has 0 atom stereocenters. The standard InChI is InChI=1S/C11H11F3N2O/c12-11(13,14)17-8-1-2-9-7(3-4-15)6-16-10(9)5-8/h1-2,5-6,16H,3-4,15H2. The van der Waals surface area contributed by atoms with E-state index < -0.39 is 6.36 Å². The normalized spacial score (nSPS) is 12.0. The average Bonchev–Trinajstić information content (AvgIpc) is 2.59. The number of benzene rings is 1. The molecule has 0 aliphatic rings. The molecule has 3 N–H and O–H groups in total. The minimum Gasteiger partial charge on any atom is -0.406 e. The minimum atomic E-state index is -4.67. The minimum absolute atomic E-state index is 0.230. The summed E-state index contributed by atoms with van der Waals surface area (Å²) in [7, 11) is 0. The second-order valence-electron chi connectivity index (χ2n) is 3.61. The van der Waals surface area contributed by atoms with Crippen LogP contribution in [0.2, 0.25) is 0 Å². The summed E-state index contributed by atoms with van der Waals surface area (Å²) < 4.78 is 39.9. The number of aromatic amines is 1. The van der Waals surface area contributed by atoms with E-state index in [1.54, 1.807) is 12.3 Å². The molecule has 0 radical (unpaired) electrons. The molecule has 0 aliphatic heterocycles. The van der Waals surface area contributed by atoms with E-state index in [0.29, 0.717) is 18.5 Å². The summed E-state index contributed by atoms with van der Waals surface area (Å²) in [5.41, 5.74) is 7.03. The summed E-state index contributed by atoms with van der Waals surface area (Å²) in [4.78, 5) is 2.90. The third-order valence-electron chi connectivity index (χ3n) is 2.39. The smallest absolute Gasteiger partial charge is 0.406 e. The second kappa shape index (κ2) is 4.29. The first kappa shape index (κ1) is 11.8. The third-order valence-corrected chi connectivity index (χ3v) is 2.39. The molecular weight excluding hydrogens is 233 g/mol. The van der Waals surface area contributed by atoms with Gasteiger partial charge in [-0.05, 0) is 30.7 Å². The highest BCUT2D eigenvalue weighted by atomic mass is 19.4. The molecule has 2 rings (SSSR count). The van der Waals surface area contributed by atoms with Gasteiger partial charge >= 0.3 is 6.36 Å². The Hall–Kier alpha value is -1.69. The van der Waals surface area contributed by atoms with Crippen molar-refractivity contribution in [3.8, 4) is 5.75 Å². The number of nitrogens with two attached hydrogens (primary N) is 1. The lowest BCUT2D eigenvalue weighted by molar-refractivity contribution is -0.274. The molecule has 0 aliphatic carbocycles. The molecular formula is C11H11F3N2O. The molecule has 0 saturated heterocycles. The lowest BCUT2D eigenvalue weighted by atomic mass is 10.1. The summed E-state index contributed by atoms with van der Waals surface area (Å²) in [6.07, 6.45) is -2.24. The molecule has 1 heterocycles. The number of H-pyrrole nitrogens is 1. The van der Waals surface area contributed by atoms with E-state index in [4.69, 9.17) is 5.73 Å². The topological polar surface area (TPSA) is 51.0 Å². The van der Waals surface area contributed by atoms with Crippen LogP contribution in [0, 0.1) is 0 Å². The molecule has 1 aromatic heterocycles. The van der Waals surface area contributed by atoms with Crippen LogP contribution >= 0.6 is 0 Å². The van der Waals surface area contributed by atoms with Gasteiger partial charge in [-0.25, -0.2) is 0 Å². The monoisotopic (exact) mass is 244 g/mol. The van der Waals surface area contributed by atoms with Crippen molar-refractivity contribution in [2.24, 2.45) is 5.73 Å². The first-order chi connectivity index (χ1) is 7.99. The number of alkyl halides is 3. The van der Waals surface area contributed by atoms with Gasteiger partial charge in [0.15, 0.2) is 0 Å². The second-order valence-corrected chi connectivity index (χ2v) is 3.61. The molecule has 0 amide bonds. The summed E-state index contributed by atoms with van der Waals surface area (Å²) in [6.45, 7) is 0.494. The van der Waals surface area contributed by atoms with Gasteiger partial charge in [-0.3, -0.25) is 0 Å². The Morgan fingerprint density at radius 1 is 1.29 bits per heavy atom. The molecule has 0 fully saturated rings. The highest BCUT2D eigenvalue weighted by Gasteiger charge is 2.31. The van der Waals surface area contributed by atoms with E-state index in [1.165, 1.54) is 12.1 Å². The van der Waals surface area contributed by atoms with E-state index in [9.17, 15) is 13.2 Å². The van der Waals surface area contributed by atoms with Crippen molar-refractivity contribution in [3.05, 3.63) is 30.0 Å². The fourth-order valence-electron chi connectivity index (χ4n) is 1.72. The molecule has 1 aromatic carbocycles. The first-order valence-electron chi connectivity index (χ1n) is 5.05. The Balaban J connectivity index is 2.32. The zero-order chi connectivity index (χ0) is 12.5. The Kier molecular flexibility index (Phi) is 2.97. The third kappa shape index (κ3) is 2.71. The Labute approximate surface area is 95.4 Å². The number of hydrogen-bond acceptors (Lipinski definition) is 2. The Morgan fingerprint density at radius 2 is 2.06 bits per heavy atom. The van der Waals surface area contributed by atoms with Crippen LogP contribution in [0.15, 0.2) is 24.4 Å². The molecule has 17 heavy (non-hydrogen) atoms. The highest BCUT2D eigenvalue weighted by molar-refractivity contribution is 5.84. The van der Waals surface area contributed by atoms with E-state index in [1.807, 2.05) is 0 Å². The summed E-state index contributed by atoms with van der Waals surface area (Å²) in [5.74, 6) is -0.230. The van der Waals surface area contributed by atoms with E-state index >= 15 is 0 Å². The van der Waals surface area contributed by atoms with Crippen LogP contribution in [0.4, 0.5) is 13.2 Å². The van der Waals surface area contributed by atoms with Crippen molar-refractivity contribution in [2.75, 3.05) is 6.54 Å². The van der Waals surface area contributed by atoms with Crippen molar-refractivity contribution in [1.29, 1.82) is 0 Å². The van der Waals surface area contributed by atoms with Crippen LogP contribution in [0.5, 0.6) is 5.75 Å². The number of nitrogens with one attached hydrogen (secondary N) is 1. The zero-order valence-corrected chi connectivity index (χ0v) is 8.84. The first-order valence-corrected chi connectivity index (χ1v) is 5.05. The van der Waals surface area contributed by atoms with Gasteiger partial charge in [-0.2, -0.15) is 0 Å². The van der Waals surface area contributed by atoms with Gasteiger partial charge < -0.3 is 15.5 Å². The van der Waals surface area contributed by atoms with Gasteiger partial charge in [0.05, 0.1) is 0 Å². The molecule has 2 aromatic rings. The predicted molar refractivity (Wildman–Crippen MR) is 57.7 cm³/mol. The van der Waals surface area contributed by atoms with Crippen LogP contribution in [-0.4, -0.2) is 17.9 Å². The average molecular weight is 244 g/mol. The number of hydrogen-bond donors (Lipinski definition) is 2. The maximum atomic E-state index is 12.0. The molecule has 0 unspecified atom stereocenters. The zero-order valence-electron chi connectivity index (χ0n) is 8.84. The van der Waals surface area contributed by atoms with Crippen molar-refractivity contribution in [3.63, 3.8) is 0 Å². The molecule has 0 spiro atoms. The number of ether oxygens (including phenoxy) is 1. The maximum Gasteiger partial charge on any atom is 0.573 e. The van der Waals surface area contributed by atoms with Gasteiger partial charge in [-0.1, -0.05) is 0 Å². The number of aromatic nitrogens is 1. The lowest BCUT2D eigenvalue weighted by Crippen LogP contribution is -2.16. The van der Waals surface area contributed by atoms with E-state index in [-0.39, 0.29) is 5.75 Å². The Morgan fingerprint density at radius 3 is 2.71 bits per heavy atom. The van der Waals surface area contributed by atoms with Crippen LogP contribution in [0.25, 0.3) is 10.9 Å². The summed E-state index contributed by atoms with van der Waals surface area (Å²) in [6, 6.07) is 4.21. The van der Waals surface area contributed by atoms with E-state index in [0.717, 1.165) is 10.9 Å². The maximum absolute atomic E-state index is 12.0. The van der Waals surface area contributed by atoms with Crippen LogP contribution in [0.3, 0.4) is 0 Å². The van der Waals surface area contributed by atoms with Gasteiger partial charge in [0.1, 0.15) is 5.75 Å². The van der Waals surface area contributed by atoms with Crippen LogP contribution < -0.4 is 10.5 Å². The SMILES string of the molecule is NCCc1c[nH]c2cc(OC(F)(F)F)ccc12. The summed E-state index contributed by atoms with van der Waals surface area (Å²) in [5, 5.41) is 0.866. The van der Waals surface area contributed by atoms with Crippen LogP contribution in [-0.2, 0) is 6.42 Å². The molecule has 3 nitrogen and oxygen atoms in total. The molecule has 0 bridgehead atoms. The number of fused-ring (bicyclic) bond motifs is 1. The van der Waals surface area contributed by atoms with E-state index in [2.05, 4.69) is 9.72 Å². The lowest BCUT2D eigenvalue weighted by Gasteiger charge is -2.08. The van der Waals surface area contributed by atoms with Crippen molar-refractivity contribution < 1.29 is 17.9 Å². The Bertz CT molecular complexity index is 519. The largest absolute Gasteiger partial charge is 0.573 e. The van der Waals surface area contributed by atoms with Crippen molar-refractivity contribution in [1.82, 2.24) is 4.98 Å². The van der Waals surface area contributed by atoms with Gasteiger partial charge in [0, 0.05) is 23.2 Å². The highest BCUT2D eigenvalue weighted by Crippen LogP contribution is 2.27. The molecule has 6 heteroatoms. The quantitative estimate of drug-likeness (QED) is 0.871. The predicted octanol–water partition coefficient (Wildman–Crippen LogP) is 2.57. The van der Waals surface area contributed by atoms with Gasteiger partial charge in [0.2, 0.25) is 0 Å².